The van der Waals surface area contributed by atoms with Crippen molar-refractivity contribution in [1.29, 1.82) is 0 Å². The fraction of sp³-hybridized carbons (Fsp3) is 0.357. The molecule has 1 aromatic carbocycles. The van der Waals surface area contributed by atoms with Crippen LogP contribution in [0, 0.1) is 6.92 Å². The average Bonchev–Trinajstić information content (AvgIpc) is 2.86. The molecule has 0 saturated heterocycles. The number of aromatic nitrogens is 2. The van der Waals surface area contributed by atoms with Crippen LogP contribution in [0.25, 0.3) is 0 Å². The van der Waals surface area contributed by atoms with Crippen molar-refractivity contribution in [2.75, 3.05) is 5.32 Å². The molecule has 2 heterocycles. The first-order valence-corrected chi connectivity index (χ1v) is 6.30. The van der Waals surface area contributed by atoms with E-state index in [9.17, 15) is 8.78 Å². The molecule has 1 aliphatic heterocycles. The van der Waals surface area contributed by atoms with Gasteiger partial charge in [0.05, 0.1) is 12.2 Å². The summed E-state index contributed by atoms with van der Waals surface area (Å²) in [7, 11) is 0. The van der Waals surface area contributed by atoms with E-state index < -0.39 is 12.5 Å². The van der Waals surface area contributed by atoms with E-state index in [2.05, 4.69) is 10.4 Å². The Kier molecular flexibility index (Phi) is 2.97. The van der Waals surface area contributed by atoms with Crippen molar-refractivity contribution in [2.45, 2.75) is 31.9 Å². The minimum atomic E-state index is -2.41. The van der Waals surface area contributed by atoms with Crippen molar-refractivity contribution < 1.29 is 8.78 Å². The van der Waals surface area contributed by atoms with Crippen LogP contribution in [0.15, 0.2) is 36.5 Å². The molecule has 100 valence electrons. The third kappa shape index (κ3) is 2.20. The second kappa shape index (κ2) is 4.64. The Morgan fingerprint density at radius 3 is 2.68 bits per heavy atom. The molecule has 0 fully saturated rings. The first-order chi connectivity index (χ1) is 9.15. The van der Waals surface area contributed by atoms with E-state index in [1.54, 1.807) is 12.3 Å². The maximum atomic E-state index is 13.1. The van der Waals surface area contributed by atoms with E-state index >= 15 is 0 Å². The molecule has 0 spiro atoms. The zero-order valence-corrected chi connectivity index (χ0v) is 10.6. The number of halogens is 2. The van der Waals surface area contributed by atoms with Crippen LogP contribution >= 0.6 is 0 Å². The second-order valence-electron chi connectivity index (χ2n) is 4.91. The summed E-state index contributed by atoms with van der Waals surface area (Å²) in [5.41, 5.74) is 2.19. The van der Waals surface area contributed by atoms with E-state index in [1.165, 1.54) is 4.68 Å². The Balaban J connectivity index is 1.92. The number of nitrogens with zero attached hydrogens (tertiary/aromatic N) is 2. The van der Waals surface area contributed by atoms with Gasteiger partial charge in [0.25, 0.3) is 6.43 Å². The number of hydrogen-bond donors (Lipinski definition) is 1. The van der Waals surface area contributed by atoms with Crippen molar-refractivity contribution in [1.82, 2.24) is 9.78 Å². The van der Waals surface area contributed by atoms with Crippen molar-refractivity contribution in [3.63, 3.8) is 0 Å². The van der Waals surface area contributed by atoms with E-state index in [0.29, 0.717) is 12.2 Å². The van der Waals surface area contributed by atoms with Crippen LogP contribution < -0.4 is 5.32 Å². The van der Waals surface area contributed by atoms with Gasteiger partial charge < -0.3 is 5.32 Å². The van der Waals surface area contributed by atoms with Gasteiger partial charge in [-0.2, -0.15) is 5.10 Å². The van der Waals surface area contributed by atoms with Crippen LogP contribution in [0.2, 0.25) is 0 Å². The van der Waals surface area contributed by atoms with Gasteiger partial charge in [-0.05, 0) is 18.9 Å². The number of nitrogens with one attached hydrogen (secondary N) is 1. The van der Waals surface area contributed by atoms with E-state index in [-0.39, 0.29) is 6.04 Å². The van der Waals surface area contributed by atoms with Crippen LogP contribution in [-0.2, 0) is 0 Å². The number of anilines is 1. The number of fused-ring (bicyclic) bond motifs is 1. The standard InChI is InChI=1S/C14H15F2N3/c1-9-2-4-10(5-3-9)11-8-12(14(15)16)19-13(18-11)6-7-17-19/h2-7,11-12,14,18H,8H2,1H3. The molecule has 0 bridgehead atoms. The van der Waals surface area contributed by atoms with Gasteiger partial charge in [0.15, 0.2) is 0 Å². The Bertz CT molecular complexity index is 562. The van der Waals surface area contributed by atoms with E-state index in [4.69, 9.17) is 0 Å². The zero-order chi connectivity index (χ0) is 13.4. The summed E-state index contributed by atoms with van der Waals surface area (Å²) >= 11 is 0. The van der Waals surface area contributed by atoms with Gasteiger partial charge in [-0.1, -0.05) is 29.8 Å². The van der Waals surface area contributed by atoms with Gasteiger partial charge >= 0.3 is 0 Å². The summed E-state index contributed by atoms with van der Waals surface area (Å²) in [6, 6.07) is 8.75. The minimum Gasteiger partial charge on any atom is -0.363 e. The Labute approximate surface area is 110 Å². The Morgan fingerprint density at radius 2 is 2.00 bits per heavy atom. The maximum Gasteiger partial charge on any atom is 0.260 e. The molecule has 0 aliphatic carbocycles. The van der Waals surface area contributed by atoms with Gasteiger partial charge in [0.2, 0.25) is 0 Å². The smallest absolute Gasteiger partial charge is 0.260 e. The summed E-state index contributed by atoms with van der Waals surface area (Å²) in [6.45, 7) is 2.01. The lowest BCUT2D eigenvalue weighted by Crippen LogP contribution is -2.30. The molecular formula is C14H15F2N3. The summed E-state index contributed by atoms with van der Waals surface area (Å²) in [4.78, 5) is 0. The average molecular weight is 263 g/mol. The molecule has 2 atom stereocenters. The third-order valence-corrected chi connectivity index (χ3v) is 3.55. The largest absolute Gasteiger partial charge is 0.363 e. The Hall–Kier alpha value is -1.91. The molecule has 2 unspecified atom stereocenters. The SMILES string of the molecule is Cc1ccc(C2CC(C(F)F)n3nccc3N2)cc1. The van der Waals surface area contributed by atoms with Crippen molar-refractivity contribution in [3.05, 3.63) is 47.7 Å². The summed E-state index contributed by atoms with van der Waals surface area (Å²) in [5.74, 6) is 0.655. The number of benzene rings is 1. The van der Waals surface area contributed by atoms with Gasteiger partial charge in [-0.25, -0.2) is 13.5 Å². The van der Waals surface area contributed by atoms with Crippen LogP contribution in [-0.4, -0.2) is 16.2 Å². The highest BCUT2D eigenvalue weighted by atomic mass is 19.3. The molecule has 0 radical (unpaired) electrons. The Morgan fingerprint density at radius 1 is 1.26 bits per heavy atom. The molecule has 3 nitrogen and oxygen atoms in total. The molecule has 1 aliphatic rings. The topological polar surface area (TPSA) is 29.9 Å². The second-order valence-corrected chi connectivity index (χ2v) is 4.91. The number of hydrogen-bond acceptors (Lipinski definition) is 2. The summed E-state index contributed by atoms with van der Waals surface area (Å²) < 4.78 is 27.7. The highest BCUT2D eigenvalue weighted by Crippen LogP contribution is 2.37. The molecule has 19 heavy (non-hydrogen) atoms. The minimum absolute atomic E-state index is 0.0937. The van der Waals surface area contributed by atoms with Gasteiger partial charge in [0, 0.05) is 6.07 Å². The van der Waals surface area contributed by atoms with E-state index in [0.717, 1.165) is 11.1 Å². The lowest BCUT2D eigenvalue weighted by Gasteiger charge is -2.32. The lowest BCUT2D eigenvalue weighted by molar-refractivity contribution is 0.0658. The summed E-state index contributed by atoms with van der Waals surface area (Å²) in [5, 5.41) is 7.24. The van der Waals surface area contributed by atoms with Crippen molar-refractivity contribution in [2.24, 2.45) is 0 Å². The van der Waals surface area contributed by atoms with Gasteiger partial charge in [-0.15, -0.1) is 0 Å². The normalized spacial score (nSPS) is 22.1. The highest BCUT2D eigenvalue weighted by molar-refractivity contribution is 5.41. The number of alkyl halides is 2. The fourth-order valence-electron chi connectivity index (χ4n) is 2.50. The lowest BCUT2D eigenvalue weighted by atomic mass is 9.97. The molecule has 5 heteroatoms. The monoisotopic (exact) mass is 263 g/mol. The number of aryl methyl sites for hydroxylation is 1. The van der Waals surface area contributed by atoms with Gasteiger partial charge in [0.1, 0.15) is 11.9 Å². The van der Waals surface area contributed by atoms with Crippen molar-refractivity contribution >= 4 is 5.82 Å². The molecule has 1 N–H and O–H groups in total. The number of rotatable bonds is 2. The molecular weight excluding hydrogens is 248 g/mol. The summed E-state index contributed by atoms with van der Waals surface area (Å²) in [6.07, 6.45) is -0.515. The molecule has 0 saturated carbocycles. The van der Waals surface area contributed by atoms with Crippen LogP contribution in [0.4, 0.5) is 14.6 Å². The zero-order valence-electron chi connectivity index (χ0n) is 10.6. The van der Waals surface area contributed by atoms with Gasteiger partial charge in [-0.3, -0.25) is 0 Å². The molecule has 1 aromatic heterocycles. The fourth-order valence-corrected chi connectivity index (χ4v) is 2.50. The predicted octanol–water partition coefficient (Wildman–Crippen LogP) is 3.55. The molecule has 0 amide bonds. The first kappa shape index (κ1) is 12.1. The van der Waals surface area contributed by atoms with E-state index in [1.807, 2.05) is 31.2 Å². The highest BCUT2D eigenvalue weighted by Gasteiger charge is 2.33. The quantitative estimate of drug-likeness (QED) is 0.898. The van der Waals surface area contributed by atoms with Crippen molar-refractivity contribution in [3.8, 4) is 0 Å². The molecule has 3 rings (SSSR count). The van der Waals surface area contributed by atoms with Crippen LogP contribution in [0.3, 0.4) is 0 Å². The molecule has 2 aromatic rings. The predicted molar refractivity (Wildman–Crippen MR) is 69.4 cm³/mol. The van der Waals surface area contributed by atoms with Crippen LogP contribution in [0.1, 0.15) is 29.6 Å². The maximum absolute atomic E-state index is 13.1. The first-order valence-electron chi connectivity index (χ1n) is 6.30. The van der Waals surface area contributed by atoms with Crippen LogP contribution in [0.5, 0.6) is 0 Å². The third-order valence-electron chi connectivity index (χ3n) is 3.55.